The SMILES string of the molecule is COc1ccc(C(=O)/C=C/c2cc(Br)c(C)c(Br)c2)cc1. The maximum absolute atomic E-state index is 12.1. The van der Waals surface area contributed by atoms with Crippen LogP contribution in [0.5, 0.6) is 5.75 Å². The second kappa shape index (κ2) is 7.05. The number of allylic oxidation sites excluding steroid dienone is 1. The molecular formula is C17H14Br2O2. The van der Waals surface area contributed by atoms with Crippen LogP contribution in [0.1, 0.15) is 21.5 Å². The Hall–Kier alpha value is -1.39. The first kappa shape index (κ1) is 16.0. The number of rotatable bonds is 4. The summed E-state index contributed by atoms with van der Waals surface area (Å²) < 4.78 is 7.09. The van der Waals surface area contributed by atoms with Gasteiger partial charge in [0.15, 0.2) is 5.78 Å². The molecule has 0 unspecified atom stereocenters. The monoisotopic (exact) mass is 408 g/mol. The van der Waals surface area contributed by atoms with Crippen LogP contribution in [0.3, 0.4) is 0 Å². The van der Waals surface area contributed by atoms with E-state index in [1.807, 2.05) is 25.1 Å². The van der Waals surface area contributed by atoms with E-state index in [0.29, 0.717) is 5.56 Å². The summed E-state index contributed by atoms with van der Waals surface area (Å²) >= 11 is 7.00. The summed E-state index contributed by atoms with van der Waals surface area (Å²) in [6.45, 7) is 2.02. The molecular weight excluding hydrogens is 396 g/mol. The lowest BCUT2D eigenvalue weighted by atomic mass is 10.1. The van der Waals surface area contributed by atoms with Gasteiger partial charge >= 0.3 is 0 Å². The van der Waals surface area contributed by atoms with Gasteiger partial charge in [-0.3, -0.25) is 4.79 Å². The maximum Gasteiger partial charge on any atom is 0.185 e. The van der Waals surface area contributed by atoms with Crippen LogP contribution in [0.4, 0.5) is 0 Å². The van der Waals surface area contributed by atoms with Gasteiger partial charge in [-0.05, 0) is 60.5 Å². The van der Waals surface area contributed by atoms with Crippen LogP contribution in [-0.4, -0.2) is 12.9 Å². The van der Waals surface area contributed by atoms with E-state index in [9.17, 15) is 4.79 Å². The molecule has 0 spiro atoms. The standard InChI is InChI=1S/C17H14Br2O2/c1-11-15(18)9-12(10-16(11)19)3-8-17(20)13-4-6-14(21-2)7-5-13/h3-10H,1-2H3/b8-3+. The Morgan fingerprint density at radius 2 is 1.67 bits per heavy atom. The van der Waals surface area contributed by atoms with E-state index in [0.717, 1.165) is 25.8 Å². The van der Waals surface area contributed by atoms with Crippen LogP contribution < -0.4 is 4.74 Å². The number of hydrogen-bond donors (Lipinski definition) is 0. The third kappa shape index (κ3) is 4.05. The average molecular weight is 410 g/mol. The molecule has 0 N–H and O–H groups in total. The lowest BCUT2D eigenvalue weighted by molar-refractivity contribution is 0.104. The fourth-order valence-electron chi connectivity index (χ4n) is 1.78. The quantitative estimate of drug-likeness (QED) is 0.497. The van der Waals surface area contributed by atoms with Crippen molar-refractivity contribution in [3.63, 3.8) is 0 Å². The number of ketones is 1. The number of carbonyl (C=O) groups excluding carboxylic acids is 1. The molecule has 108 valence electrons. The smallest absolute Gasteiger partial charge is 0.185 e. The lowest BCUT2D eigenvalue weighted by Crippen LogP contribution is -1.94. The molecule has 0 atom stereocenters. The molecule has 4 heteroatoms. The van der Waals surface area contributed by atoms with Crippen molar-refractivity contribution >= 4 is 43.7 Å². The van der Waals surface area contributed by atoms with Gasteiger partial charge in [0.2, 0.25) is 0 Å². The van der Waals surface area contributed by atoms with E-state index in [2.05, 4.69) is 31.9 Å². The van der Waals surface area contributed by atoms with Gasteiger partial charge in [-0.1, -0.05) is 37.9 Å². The molecule has 21 heavy (non-hydrogen) atoms. The summed E-state index contributed by atoms with van der Waals surface area (Å²) in [5.41, 5.74) is 2.73. The fraction of sp³-hybridized carbons (Fsp3) is 0.118. The highest BCUT2D eigenvalue weighted by molar-refractivity contribution is 9.11. The number of halogens is 2. The zero-order valence-electron chi connectivity index (χ0n) is 11.7. The number of carbonyl (C=O) groups is 1. The predicted octanol–water partition coefficient (Wildman–Crippen LogP) is 5.42. The topological polar surface area (TPSA) is 26.3 Å². The lowest BCUT2D eigenvalue weighted by Gasteiger charge is -2.03. The van der Waals surface area contributed by atoms with Crippen molar-refractivity contribution in [1.29, 1.82) is 0 Å². The molecule has 2 rings (SSSR count). The molecule has 0 aliphatic carbocycles. The van der Waals surface area contributed by atoms with Crippen molar-refractivity contribution in [3.8, 4) is 5.75 Å². The van der Waals surface area contributed by atoms with E-state index >= 15 is 0 Å². The predicted molar refractivity (Wildman–Crippen MR) is 92.9 cm³/mol. The van der Waals surface area contributed by atoms with Crippen LogP contribution >= 0.6 is 31.9 Å². The Morgan fingerprint density at radius 1 is 1.10 bits per heavy atom. The summed E-state index contributed by atoms with van der Waals surface area (Å²) in [5, 5.41) is 0. The zero-order valence-corrected chi connectivity index (χ0v) is 14.9. The highest BCUT2D eigenvalue weighted by atomic mass is 79.9. The molecule has 0 saturated carbocycles. The van der Waals surface area contributed by atoms with E-state index in [4.69, 9.17) is 4.74 Å². The van der Waals surface area contributed by atoms with Crippen molar-refractivity contribution in [1.82, 2.24) is 0 Å². The van der Waals surface area contributed by atoms with Crippen LogP contribution in [-0.2, 0) is 0 Å². The molecule has 2 aromatic rings. The first-order valence-corrected chi connectivity index (χ1v) is 7.92. The van der Waals surface area contributed by atoms with Gasteiger partial charge < -0.3 is 4.74 Å². The van der Waals surface area contributed by atoms with E-state index in [-0.39, 0.29) is 5.78 Å². The van der Waals surface area contributed by atoms with E-state index in [1.54, 1.807) is 37.5 Å². The van der Waals surface area contributed by atoms with Crippen LogP contribution in [0, 0.1) is 6.92 Å². The molecule has 0 fully saturated rings. The van der Waals surface area contributed by atoms with Crippen molar-refractivity contribution in [2.75, 3.05) is 7.11 Å². The Balaban J connectivity index is 2.18. The zero-order chi connectivity index (χ0) is 15.4. The van der Waals surface area contributed by atoms with Gasteiger partial charge in [-0.2, -0.15) is 0 Å². The number of methoxy groups -OCH3 is 1. The van der Waals surface area contributed by atoms with Crippen molar-refractivity contribution in [2.45, 2.75) is 6.92 Å². The first-order valence-electron chi connectivity index (χ1n) is 6.33. The molecule has 2 nitrogen and oxygen atoms in total. The highest BCUT2D eigenvalue weighted by Gasteiger charge is 2.04. The third-order valence-corrected chi connectivity index (χ3v) is 4.75. The van der Waals surface area contributed by atoms with Gasteiger partial charge in [0.25, 0.3) is 0 Å². The summed E-state index contributed by atoms with van der Waals surface area (Å²) in [5.74, 6) is 0.701. The average Bonchev–Trinajstić information content (AvgIpc) is 2.50. The van der Waals surface area contributed by atoms with Crippen molar-refractivity contribution < 1.29 is 9.53 Å². The number of benzene rings is 2. The largest absolute Gasteiger partial charge is 0.497 e. The molecule has 0 aliphatic heterocycles. The molecule has 2 aromatic carbocycles. The highest BCUT2D eigenvalue weighted by Crippen LogP contribution is 2.27. The minimum absolute atomic E-state index is 0.0366. The van der Waals surface area contributed by atoms with Crippen molar-refractivity contribution in [2.24, 2.45) is 0 Å². The molecule has 0 bridgehead atoms. The van der Waals surface area contributed by atoms with Crippen molar-refractivity contribution in [3.05, 3.63) is 68.1 Å². The Kier molecular flexibility index (Phi) is 5.37. The van der Waals surface area contributed by atoms with E-state index < -0.39 is 0 Å². The maximum atomic E-state index is 12.1. The van der Waals surface area contributed by atoms with Gasteiger partial charge in [0.05, 0.1) is 7.11 Å². The van der Waals surface area contributed by atoms with Gasteiger partial charge in [-0.25, -0.2) is 0 Å². The Morgan fingerprint density at radius 3 is 2.19 bits per heavy atom. The molecule has 0 amide bonds. The summed E-state index contributed by atoms with van der Waals surface area (Å²) in [6, 6.07) is 11.0. The molecule has 0 aliphatic rings. The fourth-order valence-corrected chi connectivity index (χ4v) is 3.01. The van der Waals surface area contributed by atoms with Crippen LogP contribution in [0.2, 0.25) is 0 Å². The van der Waals surface area contributed by atoms with Gasteiger partial charge in [-0.15, -0.1) is 0 Å². The van der Waals surface area contributed by atoms with Gasteiger partial charge in [0.1, 0.15) is 5.75 Å². The summed E-state index contributed by atoms with van der Waals surface area (Å²) in [6.07, 6.45) is 3.38. The minimum Gasteiger partial charge on any atom is -0.497 e. The Labute approximate surface area is 141 Å². The third-order valence-electron chi connectivity index (χ3n) is 3.10. The molecule has 0 saturated heterocycles. The summed E-state index contributed by atoms with van der Waals surface area (Å²) in [7, 11) is 1.60. The van der Waals surface area contributed by atoms with Gasteiger partial charge in [0, 0.05) is 14.5 Å². The molecule has 0 heterocycles. The first-order chi connectivity index (χ1) is 10.0. The number of ether oxygens (including phenoxy) is 1. The van der Waals surface area contributed by atoms with Crippen LogP contribution in [0.15, 0.2) is 51.4 Å². The van der Waals surface area contributed by atoms with Crippen LogP contribution in [0.25, 0.3) is 6.08 Å². The minimum atomic E-state index is -0.0366. The Bertz CT molecular complexity index is 665. The molecule has 0 aromatic heterocycles. The second-order valence-electron chi connectivity index (χ2n) is 4.54. The van der Waals surface area contributed by atoms with E-state index in [1.165, 1.54) is 0 Å². The summed E-state index contributed by atoms with van der Waals surface area (Å²) in [4.78, 5) is 12.1. The molecule has 0 radical (unpaired) electrons. The normalized spacial score (nSPS) is 10.9. The number of hydrogen-bond acceptors (Lipinski definition) is 2. The second-order valence-corrected chi connectivity index (χ2v) is 6.24.